The molecule has 0 bridgehead atoms. The molecule has 0 N–H and O–H groups in total. The fraction of sp³-hybridized carbons (Fsp3) is 0.160. The van der Waals surface area contributed by atoms with Crippen LogP contribution in [0.2, 0.25) is 0 Å². The van der Waals surface area contributed by atoms with Crippen molar-refractivity contribution in [3.8, 4) is 34.2 Å². The number of pyridine rings is 2. The Labute approximate surface area is 170 Å². The Balaban J connectivity index is 1.39. The number of hydrogen-bond acceptors (Lipinski definition) is 3. The zero-order valence-electron chi connectivity index (χ0n) is 16.2. The monoisotopic (exact) mass is 376 g/mol. The molecule has 4 nitrogen and oxygen atoms in total. The first kappa shape index (κ1) is 17.4. The standard InChI is InChI=1S/C25H20N4/c1-29-17-24(20-12-14-26-15-13-20)25(28-29)21-5-2-18(3-6-21)4-10-23-11-9-22(16-27-23)19-7-8-19/h2-3,5-6,9,11-17,19H,7-8H2,1H3. The van der Waals surface area contributed by atoms with Gasteiger partial charge in [0.15, 0.2) is 0 Å². The first-order valence-electron chi connectivity index (χ1n) is 9.79. The molecule has 0 saturated heterocycles. The molecule has 1 saturated carbocycles. The second-order valence-corrected chi connectivity index (χ2v) is 7.38. The molecule has 0 radical (unpaired) electrons. The van der Waals surface area contributed by atoms with Gasteiger partial charge in [0.05, 0.1) is 0 Å². The van der Waals surface area contributed by atoms with Crippen molar-refractivity contribution in [2.45, 2.75) is 18.8 Å². The molecule has 29 heavy (non-hydrogen) atoms. The Morgan fingerprint density at radius 1 is 0.897 bits per heavy atom. The van der Waals surface area contributed by atoms with Crippen LogP contribution >= 0.6 is 0 Å². The highest BCUT2D eigenvalue weighted by molar-refractivity contribution is 5.80. The number of aromatic nitrogens is 4. The fourth-order valence-corrected chi connectivity index (χ4v) is 3.43. The van der Waals surface area contributed by atoms with Gasteiger partial charge in [-0.2, -0.15) is 5.10 Å². The van der Waals surface area contributed by atoms with E-state index < -0.39 is 0 Å². The lowest BCUT2D eigenvalue weighted by atomic mass is 10.0. The summed E-state index contributed by atoms with van der Waals surface area (Å²) in [6.45, 7) is 0. The van der Waals surface area contributed by atoms with Crippen LogP contribution in [0.1, 0.15) is 35.6 Å². The summed E-state index contributed by atoms with van der Waals surface area (Å²) in [4.78, 5) is 8.58. The van der Waals surface area contributed by atoms with Gasteiger partial charge in [0, 0.05) is 48.5 Å². The summed E-state index contributed by atoms with van der Waals surface area (Å²) in [5, 5.41) is 4.66. The first-order chi connectivity index (χ1) is 14.3. The molecule has 1 aromatic carbocycles. The van der Waals surface area contributed by atoms with E-state index in [0.717, 1.165) is 39.6 Å². The third-order valence-electron chi connectivity index (χ3n) is 5.15. The van der Waals surface area contributed by atoms with E-state index in [4.69, 9.17) is 0 Å². The summed E-state index contributed by atoms with van der Waals surface area (Å²) in [5.74, 6) is 7.09. The van der Waals surface area contributed by atoms with E-state index >= 15 is 0 Å². The Kier molecular flexibility index (Phi) is 4.42. The van der Waals surface area contributed by atoms with Crippen molar-refractivity contribution in [3.63, 3.8) is 0 Å². The summed E-state index contributed by atoms with van der Waals surface area (Å²) >= 11 is 0. The molecule has 0 aliphatic heterocycles. The molecule has 1 aliphatic carbocycles. The van der Waals surface area contributed by atoms with E-state index in [-0.39, 0.29) is 0 Å². The molecule has 140 valence electrons. The smallest absolute Gasteiger partial charge is 0.113 e. The average Bonchev–Trinajstić information content (AvgIpc) is 3.55. The van der Waals surface area contributed by atoms with Crippen LogP contribution in [0, 0.1) is 11.8 Å². The summed E-state index contributed by atoms with van der Waals surface area (Å²) in [5.41, 5.74) is 7.32. The van der Waals surface area contributed by atoms with Gasteiger partial charge in [-0.25, -0.2) is 4.98 Å². The summed E-state index contributed by atoms with van der Waals surface area (Å²) < 4.78 is 1.84. The van der Waals surface area contributed by atoms with Crippen molar-refractivity contribution in [1.82, 2.24) is 19.7 Å². The SMILES string of the molecule is Cn1cc(-c2ccncc2)c(-c2ccc(C#Cc3ccc(C4CC4)cn3)cc2)n1. The van der Waals surface area contributed by atoms with E-state index in [1.807, 2.05) is 54.5 Å². The minimum absolute atomic E-state index is 0.723. The van der Waals surface area contributed by atoms with Crippen molar-refractivity contribution in [2.24, 2.45) is 7.05 Å². The highest BCUT2D eigenvalue weighted by atomic mass is 15.2. The van der Waals surface area contributed by atoms with Crippen molar-refractivity contribution < 1.29 is 0 Å². The molecule has 0 spiro atoms. The Morgan fingerprint density at radius 3 is 2.38 bits per heavy atom. The van der Waals surface area contributed by atoms with Gasteiger partial charge in [-0.05, 0) is 66.1 Å². The minimum atomic E-state index is 0.723. The van der Waals surface area contributed by atoms with Gasteiger partial charge in [-0.15, -0.1) is 0 Å². The van der Waals surface area contributed by atoms with Crippen molar-refractivity contribution in [2.75, 3.05) is 0 Å². The zero-order valence-corrected chi connectivity index (χ0v) is 16.2. The van der Waals surface area contributed by atoms with Gasteiger partial charge < -0.3 is 0 Å². The van der Waals surface area contributed by atoms with E-state index in [1.165, 1.54) is 18.4 Å². The number of aryl methyl sites for hydroxylation is 1. The molecule has 0 amide bonds. The normalized spacial score (nSPS) is 13.0. The van der Waals surface area contributed by atoms with Crippen molar-refractivity contribution in [1.29, 1.82) is 0 Å². The topological polar surface area (TPSA) is 43.6 Å². The zero-order chi connectivity index (χ0) is 19.6. The molecule has 3 heterocycles. The van der Waals surface area contributed by atoms with Gasteiger partial charge in [0.2, 0.25) is 0 Å². The molecule has 5 rings (SSSR count). The number of rotatable bonds is 3. The average molecular weight is 376 g/mol. The minimum Gasteiger partial charge on any atom is -0.275 e. The maximum atomic E-state index is 4.66. The number of hydrogen-bond donors (Lipinski definition) is 0. The molecule has 3 aromatic heterocycles. The lowest BCUT2D eigenvalue weighted by molar-refractivity contribution is 0.771. The molecule has 0 unspecified atom stereocenters. The lowest BCUT2D eigenvalue weighted by Crippen LogP contribution is -1.88. The third kappa shape index (κ3) is 3.81. The van der Waals surface area contributed by atoms with Crippen LogP contribution < -0.4 is 0 Å². The largest absolute Gasteiger partial charge is 0.275 e. The van der Waals surface area contributed by atoms with Crippen LogP contribution in [-0.4, -0.2) is 19.7 Å². The second kappa shape index (κ2) is 7.37. The predicted octanol–water partition coefficient (Wildman–Crippen LogP) is 4.82. The first-order valence-corrected chi connectivity index (χ1v) is 9.79. The second-order valence-electron chi connectivity index (χ2n) is 7.38. The van der Waals surface area contributed by atoms with Crippen molar-refractivity contribution >= 4 is 0 Å². The van der Waals surface area contributed by atoms with Crippen LogP contribution in [-0.2, 0) is 7.05 Å². The molecule has 1 aliphatic rings. The maximum absolute atomic E-state index is 4.66. The Hall–Kier alpha value is -3.71. The van der Waals surface area contributed by atoms with Gasteiger partial charge in [0.25, 0.3) is 0 Å². The van der Waals surface area contributed by atoms with Crippen LogP contribution in [0.3, 0.4) is 0 Å². The van der Waals surface area contributed by atoms with Gasteiger partial charge in [-0.3, -0.25) is 9.67 Å². The van der Waals surface area contributed by atoms with Gasteiger partial charge in [0.1, 0.15) is 11.4 Å². The highest BCUT2D eigenvalue weighted by Gasteiger charge is 2.23. The molecule has 0 atom stereocenters. The summed E-state index contributed by atoms with van der Waals surface area (Å²) in [7, 11) is 1.94. The van der Waals surface area contributed by atoms with E-state index in [2.05, 4.69) is 45.1 Å². The maximum Gasteiger partial charge on any atom is 0.113 e. The van der Waals surface area contributed by atoms with Crippen molar-refractivity contribution in [3.05, 3.63) is 90.1 Å². The van der Waals surface area contributed by atoms with Crippen LogP contribution in [0.5, 0.6) is 0 Å². The van der Waals surface area contributed by atoms with E-state index in [0.29, 0.717) is 0 Å². The molecular formula is C25H20N4. The van der Waals surface area contributed by atoms with E-state index in [9.17, 15) is 0 Å². The lowest BCUT2D eigenvalue weighted by Gasteiger charge is -2.03. The highest BCUT2D eigenvalue weighted by Crippen LogP contribution is 2.39. The van der Waals surface area contributed by atoms with Crippen LogP contribution in [0.4, 0.5) is 0 Å². The third-order valence-corrected chi connectivity index (χ3v) is 5.15. The molecule has 1 fully saturated rings. The molecular weight excluding hydrogens is 356 g/mol. The van der Waals surface area contributed by atoms with Gasteiger partial charge in [-0.1, -0.05) is 24.1 Å². The number of nitrogens with zero attached hydrogens (tertiary/aromatic N) is 4. The summed E-state index contributed by atoms with van der Waals surface area (Å²) in [6.07, 6.45) is 10.2. The molecule has 4 aromatic rings. The van der Waals surface area contributed by atoms with Crippen LogP contribution in [0.25, 0.3) is 22.4 Å². The molecule has 4 heteroatoms. The summed E-state index contributed by atoms with van der Waals surface area (Å²) in [6, 6.07) is 16.4. The Morgan fingerprint density at radius 2 is 1.69 bits per heavy atom. The predicted molar refractivity (Wildman–Crippen MR) is 114 cm³/mol. The fourth-order valence-electron chi connectivity index (χ4n) is 3.43. The van der Waals surface area contributed by atoms with E-state index in [1.54, 1.807) is 12.4 Å². The quantitative estimate of drug-likeness (QED) is 0.482. The Bertz CT molecular complexity index is 1190. The van der Waals surface area contributed by atoms with Crippen LogP contribution in [0.15, 0.2) is 73.3 Å². The van der Waals surface area contributed by atoms with Gasteiger partial charge >= 0.3 is 0 Å². The number of benzene rings is 1.